The number of ether oxygens (including phenoxy) is 1. The average Bonchev–Trinajstić information content (AvgIpc) is 3.30. The largest absolute Gasteiger partial charge is 0.478 e. The van der Waals surface area contributed by atoms with E-state index >= 15 is 0 Å². The van der Waals surface area contributed by atoms with E-state index < -0.39 is 5.60 Å². The Morgan fingerprint density at radius 2 is 1.77 bits per heavy atom. The SMILES string of the molecule is CC(C)(Oc1ccc(Cl)cc1)C(=O)Nc1cccc(-c2ccc(N3CCCC3)nn2)c1. The van der Waals surface area contributed by atoms with E-state index in [0.717, 1.165) is 30.2 Å². The van der Waals surface area contributed by atoms with E-state index in [4.69, 9.17) is 16.3 Å². The Bertz CT molecular complexity index is 1050. The number of rotatable bonds is 6. The Balaban J connectivity index is 1.45. The highest BCUT2D eigenvalue weighted by Crippen LogP contribution is 2.25. The number of halogens is 1. The molecule has 1 N–H and O–H groups in total. The van der Waals surface area contributed by atoms with Crippen LogP contribution < -0.4 is 15.0 Å². The molecule has 0 aliphatic carbocycles. The van der Waals surface area contributed by atoms with Crippen molar-refractivity contribution in [2.45, 2.75) is 32.3 Å². The Labute approximate surface area is 187 Å². The minimum absolute atomic E-state index is 0.255. The molecule has 1 aromatic heterocycles. The van der Waals surface area contributed by atoms with Crippen LogP contribution in [0.1, 0.15) is 26.7 Å². The summed E-state index contributed by atoms with van der Waals surface area (Å²) in [5.74, 6) is 1.23. The molecule has 0 spiro atoms. The second-order valence-electron chi connectivity index (χ2n) is 8.07. The van der Waals surface area contributed by atoms with Crippen molar-refractivity contribution in [3.8, 4) is 17.0 Å². The Morgan fingerprint density at radius 1 is 1.03 bits per heavy atom. The summed E-state index contributed by atoms with van der Waals surface area (Å²) < 4.78 is 5.87. The number of carbonyl (C=O) groups is 1. The lowest BCUT2D eigenvalue weighted by atomic mass is 10.1. The summed E-state index contributed by atoms with van der Waals surface area (Å²) in [7, 11) is 0. The number of anilines is 2. The average molecular weight is 437 g/mol. The molecule has 0 unspecified atom stereocenters. The predicted molar refractivity (Wildman–Crippen MR) is 124 cm³/mol. The van der Waals surface area contributed by atoms with Crippen LogP contribution in [0.3, 0.4) is 0 Å². The zero-order valence-electron chi connectivity index (χ0n) is 17.6. The molecule has 1 saturated heterocycles. The number of nitrogens with zero attached hydrogens (tertiary/aromatic N) is 3. The lowest BCUT2D eigenvalue weighted by molar-refractivity contribution is -0.128. The van der Waals surface area contributed by atoms with Gasteiger partial charge in [0, 0.05) is 29.4 Å². The van der Waals surface area contributed by atoms with E-state index in [1.54, 1.807) is 38.1 Å². The summed E-state index contributed by atoms with van der Waals surface area (Å²) in [5.41, 5.74) is 1.24. The van der Waals surface area contributed by atoms with Gasteiger partial charge in [0.25, 0.3) is 5.91 Å². The van der Waals surface area contributed by atoms with Gasteiger partial charge in [-0.25, -0.2) is 0 Å². The van der Waals surface area contributed by atoms with E-state index in [0.29, 0.717) is 16.5 Å². The molecular weight excluding hydrogens is 412 g/mol. The molecule has 0 radical (unpaired) electrons. The molecular formula is C24H25ClN4O2. The highest BCUT2D eigenvalue weighted by molar-refractivity contribution is 6.30. The smallest absolute Gasteiger partial charge is 0.267 e. The maximum Gasteiger partial charge on any atom is 0.267 e. The molecule has 1 fully saturated rings. The second-order valence-corrected chi connectivity index (χ2v) is 8.51. The fourth-order valence-electron chi connectivity index (χ4n) is 3.48. The lowest BCUT2D eigenvalue weighted by Crippen LogP contribution is -2.42. The maximum absolute atomic E-state index is 12.8. The van der Waals surface area contributed by atoms with Gasteiger partial charge in [-0.1, -0.05) is 23.7 Å². The quantitative estimate of drug-likeness (QED) is 0.575. The minimum atomic E-state index is -1.07. The monoisotopic (exact) mass is 436 g/mol. The lowest BCUT2D eigenvalue weighted by Gasteiger charge is -2.25. The Kier molecular flexibility index (Phi) is 6.09. The van der Waals surface area contributed by atoms with Gasteiger partial charge in [-0.05, 0) is 75.2 Å². The van der Waals surface area contributed by atoms with Crippen LogP contribution in [0.15, 0.2) is 60.7 Å². The van der Waals surface area contributed by atoms with Crippen LogP contribution in [0.4, 0.5) is 11.5 Å². The molecule has 1 amide bonds. The van der Waals surface area contributed by atoms with Crippen molar-refractivity contribution in [2.24, 2.45) is 0 Å². The molecule has 6 nitrogen and oxygen atoms in total. The number of hydrogen-bond donors (Lipinski definition) is 1. The summed E-state index contributed by atoms with van der Waals surface area (Å²) in [6.07, 6.45) is 2.40. The molecule has 31 heavy (non-hydrogen) atoms. The molecule has 160 valence electrons. The van der Waals surface area contributed by atoms with Gasteiger partial charge in [-0.15, -0.1) is 10.2 Å². The van der Waals surface area contributed by atoms with Crippen LogP contribution in [-0.2, 0) is 4.79 Å². The van der Waals surface area contributed by atoms with Crippen LogP contribution >= 0.6 is 11.6 Å². The van der Waals surface area contributed by atoms with Crippen molar-refractivity contribution >= 4 is 29.0 Å². The first kappa shape index (κ1) is 21.1. The van der Waals surface area contributed by atoms with Crippen molar-refractivity contribution in [3.63, 3.8) is 0 Å². The van der Waals surface area contributed by atoms with E-state index in [-0.39, 0.29) is 5.91 Å². The molecule has 2 heterocycles. The van der Waals surface area contributed by atoms with Crippen LogP contribution in [0, 0.1) is 0 Å². The van der Waals surface area contributed by atoms with Crippen LogP contribution in [0.2, 0.25) is 5.02 Å². The number of carbonyl (C=O) groups excluding carboxylic acids is 1. The summed E-state index contributed by atoms with van der Waals surface area (Å²) in [4.78, 5) is 15.1. The highest BCUT2D eigenvalue weighted by atomic mass is 35.5. The Hall–Kier alpha value is -3.12. The molecule has 0 bridgehead atoms. The van der Waals surface area contributed by atoms with Gasteiger partial charge in [0.05, 0.1) is 5.69 Å². The minimum Gasteiger partial charge on any atom is -0.478 e. The van der Waals surface area contributed by atoms with Gasteiger partial charge >= 0.3 is 0 Å². The molecule has 0 atom stereocenters. The Morgan fingerprint density at radius 3 is 2.45 bits per heavy atom. The number of amides is 1. The van der Waals surface area contributed by atoms with Gasteiger partial charge in [-0.3, -0.25) is 4.79 Å². The van der Waals surface area contributed by atoms with Crippen molar-refractivity contribution in [1.29, 1.82) is 0 Å². The summed E-state index contributed by atoms with van der Waals surface area (Å²) in [6, 6.07) is 18.5. The van der Waals surface area contributed by atoms with Crippen molar-refractivity contribution in [2.75, 3.05) is 23.3 Å². The number of benzene rings is 2. The van der Waals surface area contributed by atoms with Crippen molar-refractivity contribution in [1.82, 2.24) is 10.2 Å². The van der Waals surface area contributed by atoms with Crippen molar-refractivity contribution < 1.29 is 9.53 Å². The first-order valence-electron chi connectivity index (χ1n) is 10.4. The third-order valence-corrected chi connectivity index (χ3v) is 5.48. The fraction of sp³-hybridized carbons (Fsp3) is 0.292. The predicted octanol–water partition coefficient (Wildman–Crippen LogP) is 5.19. The molecule has 1 aliphatic heterocycles. The molecule has 3 aromatic rings. The van der Waals surface area contributed by atoms with Gasteiger partial charge < -0.3 is 15.0 Å². The molecule has 0 saturated carbocycles. The van der Waals surface area contributed by atoms with Crippen LogP contribution in [0.25, 0.3) is 11.3 Å². The van der Waals surface area contributed by atoms with Gasteiger partial charge in [-0.2, -0.15) is 0 Å². The molecule has 2 aromatic carbocycles. The number of nitrogens with one attached hydrogen (secondary N) is 1. The first-order chi connectivity index (χ1) is 14.9. The van der Waals surface area contributed by atoms with E-state index in [1.165, 1.54) is 12.8 Å². The summed E-state index contributed by atoms with van der Waals surface area (Å²) in [5, 5.41) is 12.3. The van der Waals surface area contributed by atoms with Crippen molar-refractivity contribution in [3.05, 3.63) is 65.7 Å². The van der Waals surface area contributed by atoms with E-state index in [9.17, 15) is 4.79 Å². The van der Waals surface area contributed by atoms with Crippen LogP contribution in [-0.4, -0.2) is 34.8 Å². The van der Waals surface area contributed by atoms with E-state index in [1.807, 2.05) is 36.4 Å². The normalized spacial score (nSPS) is 13.8. The number of aromatic nitrogens is 2. The fourth-order valence-corrected chi connectivity index (χ4v) is 3.60. The maximum atomic E-state index is 12.8. The summed E-state index contributed by atoms with van der Waals surface area (Å²) >= 11 is 5.91. The second kappa shape index (κ2) is 8.94. The third-order valence-electron chi connectivity index (χ3n) is 5.23. The van der Waals surface area contributed by atoms with Gasteiger partial charge in [0.1, 0.15) is 5.75 Å². The summed E-state index contributed by atoms with van der Waals surface area (Å²) in [6.45, 7) is 5.51. The zero-order chi connectivity index (χ0) is 21.8. The van der Waals surface area contributed by atoms with Gasteiger partial charge in [0.15, 0.2) is 11.4 Å². The number of hydrogen-bond acceptors (Lipinski definition) is 5. The first-order valence-corrected chi connectivity index (χ1v) is 10.7. The zero-order valence-corrected chi connectivity index (χ0v) is 18.4. The van der Waals surface area contributed by atoms with Gasteiger partial charge in [0.2, 0.25) is 0 Å². The molecule has 7 heteroatoms. The molecule has 1 aliphatic rings. The van der Waals surface area contributed by atoms with E-state index in [2.05, 4.69) is 20.4 Å². The molecule has 4 rings (SSSR count). The highest BCUT2D eigenvalue weighted by Gasteiger charge is 2.30. The topological polar surface area (TPSA) is 67.3 Å². The standard InChI is InChI=1S/C24H25ClN4O2/c1-24(2,31-20-10-8-18(25)9-11-20)23(30)26-19-7-5-6-17(16-19)21-12-13-22(28-27-21)29-14-3-4-15-29/h5-13,16H,3-4,14-15H2,1-2H3,(H,26,30). The van der Waals surface area contributed by atoms with Crippen LogP contribution in [0.5, 0.6) is 5.75 Å². The third kappa shape index (κ3) is 5.14.